The molecule has 24 heavy (non-hydrogen) atoms. The topological polar surface area (TPSA) is 178 Å². The van der Waals surface area contributed by atoms with Gasteiger partial charge in [-0.15, -0.1) is 0 Å². The molecule has 0 bridgehead atoms. The third kappa shape index (κ3) is 11.8. The Balaban J connectivity index is 0.000000922. The van der Waals surface area contributed by atoms with Crippen molar-refractivity contribution in [3.05, 3.63) is 29.3 Å². The van der Waals surface area contributed by atoms with Gasteiger partial charge in [-0.3, -0.25) is 8.42 Å². The molecule has 0 saturated heterocycles. The van der Waals surface area contributed by atoms with E-state index in [-0.39, 0.29) is 12.6 Å². The molecule has 1 unspecified atom stereocenters. The summed E-state index contributed by atoms with van der Waals surface area (Å²) in [6.07, 6.45) is -0.604. The van der Waals surface area contributed by atoms with Gasteiger partial charge in [0.05, 0.1) is 0 Å². The fraction of sp³-hybridized carbons (Fsp3) is 0.500. The van der Waals surface area contributed by atoms with Gasteiger partial charge in [0.2, 0.25) is 0 Å². The van der Waals surface area contributed by atoms with E-state index in [1.54, 1.807) is 5.32 Å². The van der Waals surface area contributed by atoms with Crippen molar-refractivity contribution >= 4 is 16.4 Å². The summed E-state index contributed by atoms with van der Waals surface area (Å²) in [5, 5.41) is 16.6. The van der Waals surface area contributed by atoms with E-state index in [4.69, 9.17) is 33.4 Å². The highest BCUT2D eigenvalue weighted by molar-refractivity contribution is 7.79. The molecule has 0 amide bonds. The highest BCUT2D eigenvalue weighted by Gasteiger charge is 2.11. The zero-order valence-corrected chi connectivity index (χ0v) is 14.7. The van der Waals surface area contributed by atoms with E-state index >= 15 is 0 Å². The van der Waals surface area contributed by atoms with Crippen LogP contribution < -0.4 is 21.2 Å². The van der Waals surface area contributed by atoms with Gasteiger partial charge in [-0.05, 0) is 36.1 Å². The number of quaternary nitrogens is 1. The van der Waals surface area contributed by atoms with Crippen LogP contribution in [0, 0.1) is 6.92 Å². The summed E-state index contributed by atoms with van der Waals surface area (Å²) in [6.45, 7) is 7.01. The molecule has 0 aromatic heterocycles. The van der Waals surface area contributed by atoms with Crippen molar-refractivity contribution in [1.29, 1.82) is 0 Å². The van der Waals surface area contributed by atoms with Gasteiger partial charge in [-0.2, -0.15) is 0 Å². The summed E-state index contributed by atoms with van der Waals surface area (Å²) >= 11 is 0. The lowest BCUT2D eigenvalue weighted by Gasteiger charge is -2.14. The molecule has 1 aromatic rings. The predicted octanol–water partition coefficient (Wildman–Crippen LogP) is -2.84. The SMILES string of the molecule is Cc1cc(OCC(O)C[NH2+]C(N)=[NH2+])ccc1C(C)C.O=S(=O)([O-])[O-]. The summed E-state index contributed by atoms with van der Waals surface area (Å²) in [5.41, 5.74) is 7.81. The van der Waals surface area contributed by atoms with E-state index in [2.05, 4.69) is 26.8 Å². The quantitative estimate of drug-likeness (QED) is 0.182. The lowest BCUT2D eigenvalue weighted by atomic mass is 9.98. The molecule has 0 aliphatic rings. The number of rotatable bonds is 6. The number of aliphatic hydroxyl groups is 1. The number of aliphatic hydroxyl groups excluding tert-OH is 1. The second-order valence-corrected chi connectivity index (χ2v) is 6.30. The van der Waals surface area contributed by atoms with Gasteiger partial charge in [0.25, 0.3) is 0 Å². The first-order valence-electron chi connectivity index (χ1n) is 7.19. The highest BCUT2D eigenvalue weighted by Crippen LogP contribution is 2.23. The smallest absolute Gasteiger partial charge is 0.434 e. The monoisotopic (exact) mass is 363 g/mol. The second kappa shape index (κ2) is 10.2. The molecule has 1 rings (SSSR count). The van der Waals surface area contributed by atoms with Gasteiger partial charge < -0.3 is 18.9 Å². The highest BCUT2D eigenvalue weighted by atomic mass is 32.3. The molecular weight excluding hydrogens is 338 g/mol. The average Bonchev–Trinajstić information content (AvgIpc) is 2.40. The summed E-state index contributed by atoms with van der Waals surface area (Å²) in [6, 6.07) is 6.00. The molecule has 0 fully saturated rings. The van der Waals surface area contributed by atoms with Gasteiger partial charge in [0.1, 0.15) is 25.0 Å². The third-order valence-electron chi connectivity index (χ3n) is 2.93. The molecule has 0 saturated carbocycles. The van der Waals surface area contributed by atoms with Crippen molar-refractivity contribution in [1.82, 2.24) is 0 Å². The molecule has 0 heterocycles. The van der Waals surface area contributed by atoms with Crippen LogP contribution >= 0.6 is 0 Å². The van der Waals surface area contributed by atoms with E-state index in [0.29, 0.717) is 12.5 Å². The first-order chi connectivity index (χ1) is 10.9. The maximum Gasteiger partial charge on any atom is 0.434 e. The molecule has 0 aliphatic carbocycles. The van der Waals surface area contributed by atoms with Crippen molar-refractivity contribution in [3.63, 3.8) is 0 Å². The van der Waals surface area contributed by atoms with Crippen molar-refractivity contribution < 1.29 is 38.1 Å². The molecule has 138 valence electrons. The lowest BCUT2D eigenvalue weighted by Crippen LogP contribution is -2.98. The largest absolute Gasteiger partial charge is 0.759 e. The van der Waals surface area contributed by atoms with Crippen molar-refractivity contribution in [3.8, 4) is 5.75 Å². The lowest BCUT2D eigenvalue weighted by molar-refractivity contribution is -0.576. The number of hydrogen-bond acceptors (Lipinski definition) is 6. The van der Waals surface area contributed by atoms with Gasteiger partial charge in [-0.25, -0.2) is 16.5 Å². The van der Waals surface area contributed by atoms with Gasteiger partial charge in [0.15, 0.2) is 0 Å². The Morgan fingerprint density at radius 3 is 2.38 bits per heavy atom. The molecule has 0 aliphatic heterocycles. The first-order valence-corrected chi connectivity index (χ1v) is 8.52. The Morgan fingerprint density at radius 2 is 1.96 bits per heavy atom. The molecule has 9 nitrogen and oxygen atoms in total. The number of nitrogens with two attached hydrogens (primary N) is 3. The van der Waals surface area contributed by atoms with Crippen LogP contribution in [-0.4, -0.2) is 47.8 Å². The minimum atomic E-state index is -5.17. The van der Waals surface area contributed by atoms with Crippen molar-refractivity contribution in [2.75, 3.05) is 13.2 Å². The Kier molecular flexibility index (Phi) is 9.48. The molecular formula is C14H25N3O6S. The van der Waals surface area contributed by atoms with Crippen LogP contribution in [0.15, 0.2) is 18.2 Å². The summed E-state index contributed by atoms with van der Waals surface area (Å²) in [7, 11) is -5.17. The second-order valence-electron chi connectivity index (χ2n) is 5.49. The Hall–Kier alpha value is -1.72. The maximum atomic E-state index is 9.69. The number of benzene rings is 1. The molecule has 7 N–H and O–H groups in total. The van der Waals surface area contributed by atoms with Crippen LogP contribution in [0.2, 0.25) is 0 Å². The van der Waals surface area contributed by atoms with E-state index in [1.165, 1.54) is 11.1 Å². The fourth-order valence-corrected chi connectivity index (χ4v) is 1.92. The van der Waals surface area contributed by atoms with Gasteiger partial charge in [-0.1, -0.05) is 19.9 Å². The van der Waals surface area contributed by atoms with E-state index in [1.807, 2.05) is 12.1 Å². The number of aryl methyl sites for hydroxylation is 1. The third-order valence-corrected chi connectivity index (χ3v) is 2.93. The predicted molar refractivity (Wildman–Crippen MR) is 85.2 cm³/mol. The molecule has 1 aromatic carbocycles. The zero-order chi connectivity index (χ0) is 18.9. The minimum Gasteiger partial charge on any atom is -0.759 e. The summed E-state index contributed by atoms with van der Waals surface area (Å²) in [4.78, 5) is 0. The van der Waals surface area contributed by atoms with Crippen molar-refractivity contribution in [2.24, 2.45) is 5.73 Å². The summed E-state index contributed by atoms with van der Waals surface area (Å²) in [5.74, 6) is 1.49. The average molecular weight is 363 g/mol. The van der Waals surface area contributed by atoms with Crippen LogP contribution in [-0.2, 0) is 10.4 Å². The minimum absolute atomic E-state index is 0.219. The Morgan fingerprint density at radius 1 is 1.42 bits per heavy atom. The molecule has 0 spiro atoms. The van der Waals surface area contributed by atoms with E-state index in [0.717, 1.165) is 5.75 Å². The Labute approximate surface area is 141 Å². The van der Waals surface area contributed by atoms with E-state index < -0.39 is 16.5 Å². The number of ether oxygens (including phenoxy) is 1. The first kappa shape index (κ1) is 22.3. The van der Waals surface area contributed by atoms with E-state index in [9.17, 15) is 5.11 Å². The van der Waals surface area contributed by atoms with Crippen LogP contribution in [0.25, 0.3) is 0 Å². The molecule has 1 atom stereocenters. The maximum absolute atomic E-state index is 9.69. The number of hydrogen-bond donors (Lipinski definition) is 4. The van der Waals surface area contributed by atoms with Gasteiger partial charge in [0, 0.05) is 10.4 Å². The van der Waals surface area contributed by atoms with Crippen LogP contribution in [0.5, 0.6) is 5.75 Å². The van der Waals surface area contributed by atoms with Gasteiger partial charge >= 0.3 is 5.96 Å². The number of guanidine groups is 1. The normalized spacial score (nSPS) is 12.3. The van der Waals surface area contributed by atoms with Crippen LogP contribution in [0.1, 0.15) is 30.9 Å². The standard InChI is InChI=1S/C14H23N3O2.H2O4S/c1-9(2)13-5-4-12(6-10(13)3)19-8-11(18)7-17-14(15)16;1-5(2,3)4/h4-6,9,11,18H,7-8H2,1-3H3,(H4,15,16,17);(H2,1,2,3,4). The molecule has 10 heteroatoms. The summed E-state index contributed by atoms with van der Waals surface area (Å²) < 4.78 is 39.6. The fourth-order valence-electron chi connectivity index (χ4n) is 1.92. The van der Waals surface area contributed by atoms with Crippen LogP contribution in [0.4, 0.5) is 0 Å². The molecule has 0 radical (unpaired) electrons. The van der Waals surface area contributed by atoms with Crippen LogP contribution in [0.3, 0.4) is 0 Å². The Bertz CT molecular complexity index is 625. The zero-order valence-electron chi connectivity index (χ0n) is 13.9. The van der Waals surface area contributed by atoms with Crippen molar-refractivity contribution in [2.45, 2.75) is 32.8 Å².